The average Bonchev–Trinajstić information content (AvgIpc) is 2.79. The van der Waals surface area contributed by atoms with Gasteiger partial charge in [-0.05, 0) is 50.5 Å². The van der Waals surface area contributed by atoms with Crippen LogP contribution in [0.3, 0.4) is 0 Å². The monoisotopic (exact) mass is 492 g/mol. The molecule has 1 aliphatic carbocycles. The third-order valence-electron chi connectivity index (χ3n) is 7.12. The van der Waals surface area contributed by atoms with Crippen LogP contribution in [-0.4, -0.2) is 34.4 Å². The van der Waals surface area contributed by atoms with E-state index in [2.05, 4.69) is 19.9 Å². The Hall–Kier alpha value is -2.64. The quantitative estimate of drug-likeness (QED) is 0.199. The summed E-state index contributed by atoms with van der Waals surface area (Å²) in [4.78, 5) is 45.0. The molecule has 1 aliphatic rings. The molecule has 0 spiro atoms. The van der Waals surface area contributed by atoms with Crippen molar-refractivity contribution in [3.05, 3.63) is 45.5 Å². The van der Waals surface area contributed by atoms with E-state index in [1.807, 2.05) is 26.0 Å². The Morgan fingerprint density at radius 3 is 2.59 bits per heavy atom. The number of Topliss-reactive ketones (excluding diaryl/α,β-unsaturated/α-hetero) is 1. The van der Waals surface area contributed by atoms with Gasteiger partial charge in [-0.3, -0.25) is 9.59 Å². The summed E-state index contributed by atoms with van der Waals surface area (Å²) in [7, 11) is 0. The molecule has 0 heterocycles. The zero-order valence-electron chi connectivity index (χ0n) is 20.5. The molecule has 2 N–H and O–H groups in total. The summed E-state index contributed by atoms with van der Waals surface area (Å²) >= 11 is 6.37. The summed E-state index contributed by atoms with van der Waals surface area (Å²) in [5.74, 6) is -1.04. The summed E-state index contributed by atoms with van der Waals surface area (Å²) in [6.45, 7) is 10.9. The first kappa shape index (κ1) is 27.6. The number of hydrogen-bond donors (Lipinski definition) is 2. The second-order valence-corrected chi connectivity index (χ2v) is 9.64. The predicted molar refractivity (Wildman–Crippen MR) is 129 cm³/mol. The maximum absolute atomic E-state index is 12.3. The van der Waals surface area contributed by atoms with E-state index >= 15 is 0 Å². The third kappa shape index (κ3) is 5.70. The number of aldehydes is 1. The average molecular weight is 493 g/mol. The maximum Gasteiger partial charge on any atom is 0.337 e. The highest BCUT2D eigenvalue weighted by molar-refractivity contribution is 6.33. The number of phenols is 1. The number of ketones is 1. The van der Waals surface area contributed by atoms with Crippen LogP contribution in [-0.2, 0) is 20.9 Å². The van der Waals surface area contributed by atoms with Gasteiger partial charge in [0, 0.05) is 17.9 Å². The number of phenolic OH excluding ortho intramolecular Hbond substituents is 1. The topological polar surface area (TPSA) is 110 Å². The Kier molecular flexibility index (Phi) is 9.08. The highest BCUT2D eigenvalue weighted by atomic mass is 35.5. The van der Waals surface area contributed by atoms with Crippen molar-refractivity contribution in [3.8, 4) is 11.5 Å². The molecule has 0 amide bonds. The van der Waals surface area contributed by atoms with Crippen LogP contribution in [0.2, 0.25) is 5.02 Å². The molecule has 1 aromatic carbocycles. The van der Waals surface area contributed by atoms with Gasteiger partial charge in [0.1, 0.15) is 11.5 Å². The number of allylic oxidation sites excluding steroid dienone is 4. The Balaban J connectivity index is 2.38. The number of carboxylic acids is 1. The van der Waals surface area contributed by atoms with Crippen LogP contribution in [0.4, 0.5) is 0 Å². The van der Waals surface area contributed by atoms with Gasteiger partial charge >= 0.3 is 5.97 Å². The molecule has 1 fully saturated rings. The third-order valence-corrected chi connectivity index (χ3v) is 7.58. The summed E-state index contributed by atoms with van der Waals surface area (Å²) < 4.78 is 0. The van der Waals surface area contributed by atoms with Crippen molar-refractivity contribution in [1.29, 1.82) is 0 Å². The van der Waals surface area contributed by atoms with Crippen LogP contribution < -0.4 is 4.89 Å². The minimum absolute atomic E-state index is 0.0242. The van der Waals surface area contributed by atoms with Gasteiger partial charge in [0.05, 0.1) is 10.6 Å². The SMILES string of the molecule is CC(/C=C/C1(C)C(C)CCC(=O)C1C)=C\Cc1c(O)c(C=O)c(C)c(Cl)c1OOC(C)C(=O)O. The van der Waals surface area contributed by atoms with E-state index in [1.54, 1.807) is 6.92 Å². The first-order chi connectivity index (χ1) is 15.8. The molecule has 4 atom stereocenters. The van der Waals surface area contributed by atoms with Gasteiger partial charge in [-0.1, -0.05) is 56.2 Å². The molecule has 0 aromatic heterocycles. The molecule has 8 heteroatoms. The molecule has 4 unspecified atom stereocenters. The number of hydrogen-bond acceptors (Lipinski definition) is 6. The van der Waals surface area contributed by atoms with Crippen molar-refractivity contribution in [3.63, 3.8) is 0 Å². The molecule has 0 saturated heterocycles. The lowest BCUT2D eigenvalue weighted by atomic mass is 9.61. The van der Waals surface area contributed by atoms with E-state index in [0.29, 0.717) is 18.6 Å². The Labute approximate surface area is 205 Å². The number of carboxylic acid groups (broad SMARTS) is 1. The van der Waals surface area contributed by atoms with Crippen molar-refractivity contribution in [1.82, 2.24) is 0 Å². The summed E-state index contributed by atoms with van der Waals surface area (Å²) in [6.07, 6.45) is 6.67. The second-order valence-electron chi connectivity index (χ2n) is 9.27. The van der Waals surface area contributed by atoms with Crippen LogP contribution in [0.1, 0.15) is 68.9 Å². The van der Waals surface area contributed by atoms with E-state index in [4.69, 9.17) is 26.5 Å². The van der Waals surface area contributed by atoms with Gasteiger partial charge in [0.2, 0.25) is 0 Å². The zero-order valence-corrected chi connectivity index (χ0v) is 21.2. The first-order valence-electron chi connectivity index (χ1n) is 11.3. The van der Waals surface area contributed by atoms with E-state index in [0.717, 1.165) is 12.0 Å². The normalized spacial score (nSPS) is 24.3. The number of halogens is 1. The molecule has 0 radical (unpaired) electrons. The molecule has 2 rings (SSSR count). The second kappa shape index (κ2) is 11.2. The van der Waals surface area contributed by atoms with Crippen molar-refractivity contribution >= 4 is 29.6 Å². The molecule has 0 bridgehead atoms. The number of carbonyl (C=O) groups is 3. The molecular formula is C26H33ClO7. The van der Waals surface area contributed by atoms with Crippen molar-refractivity contribution in [2.24, 2.45) is 17.3 Å². The van der Waals surface area contributed by atoms with Crippen LogP contribution in [0.25, 0.3) is 0 Å². The smallest absolute Gasteiger partial charge is 0.337 e. The number of rotatable bonds is 9. The Bertz CT molecular complexity index is 1030. The van der Waals surface area contributed by atoms with E-state index in [9.17, 15) is 19.5 Å². The van der Waals surface area contributed by atoms with E-state index in [1.165, 1.54) is 6.92 Å². The van der Waals surface area contributed by atoms with Crippen molar-refractivity contribution in [2.75, 3.05) is 0 Å². The van der Waals surface area contributed by atoms with Gasteiger partial charge in [-0.2, -0.15) is 4.89 Å². The van der Waals surface area contributed by atoms with Crippen LogP contribution in [0.5, 0.6) is 11.5 Å². The van der Waals surface area contributed by atoms with E-state index < -0.39 is 12.1 Å². The largest absolute Gasteiger partial charge is 0.507 e. The fourth-order valence-corrected chi connectivity index (χ4v) is 4.31. The van der Waals surface area contributed by atoms with Gasteiger partial charge < -0.3 is 15.1 Å². The highest BCUT2D eigenvalue weighted by Gasteiger charge is 2.41. The number of aliphatic carboxylic acids is 1. The molecule has 1 saturated carbocycles. The van der Waals surface area contributed by atoms with Crippen molar-refractivity contribution < 1.29 is 34.4 Å². The van der Waals surface area contributed by atoms with E-state index in [-0.39, 0.29) is 56.7 Å². The van der Waals surface area contributed by atoms with Crippen LogP contribution in [0, 0.1) is 24.2 Å². The van der Waals surface area contributed by atoms with Gasteiger partial charge in [0.25, 0.3) is 0 Å². The lowest BCUT2D eigenvalue weighted by molar-refractivity contribution is -0.242. The minimum Gasteiger partial charge on any atom is -0.507 e. The fourth-order valence-electron chi connectivity index (χ4n) is 4.06. The maximum atomic E-state index is 12.3. The van der Waals surface area contributed by atoms with Crippen molar-refractivity contribution in [2.45, 2.75) is 66.9 Å². The summed E-state index contributed by atoms with van der Waals surface area (Å²) in [5, 5.41) is 19.8. The Morgan fingerprint density at radius 2 is 2.00 bits per heavy atom. The molecular weight excluding hydrogens is 460 g/mol. The van der Waals surface area contributed by atoms with Gasteiger partial charge in [0.15, 0.2) is 18.1 Å². The number of carbonyl (C=O) groups excluding carboxylic acids is 2. The van der Waals surface area contributed by atoms with Crippen LogP contribution in [0.15, 0.2) is 23.8 Å². The molecule has 7 nitrogen and oxygen atoms in total. The number of aromatic hydroxyl groups is 1. The highest BCUT2D eigenvalue weighted by Crippen LogP contribution is 2.45. The molecule has 1 aromatic rings. The minimum atomic E-state index is -1.28. The molecule has 186 valence electrons. The van der Waals surface area contributed by atoms with Gasteiger partial charge in [-0.15, -0.1) is 0 Å². The first-order valence-corrected chi connectivity index (χ1v) is 11.7. The lowest BCUT2D eigenvalue weighted by Crippen LogP contribution is -2.40. The summed E-state index contributed by atoms with van der Waals surface area (Å²) in [6, 6.07) is 0. The predicted octanol–water partition coefficient (Wildman–Crippen LogP) is 5.64. The van der Waals surface area contributed by atoms with Gasteiger partial charge in [-0.25, -0.2) is 4.79 Å². The summed E-state index contributed by atoms with van der Waals surface area (Å²) in [5.41, 5.74) is 1.12. The Morgan fingerprint density at radius 1 is 1.35 bits per heavy atom. The zero-order chi connectivity index (χ0) is 25.8. The molecule has 0 aliphatic heterocycles. The number of benzene rings is 1. The molecule has 34 heavy (non-hydrogen) atoms. The lowest BCUT2D eigenvalue weighted by Gasteiger charge is -2.42. The van der Waals surface area contributed by atoms with Crippen LogP contribution >= 0.6 is 11.6 Å². The fraction of sp³-hybridized carbons (Fsp3) is 0.500. The standard InChI is InChI=1S/C26H33ClO7/c1-14(11-12-26(6)15(2)8-10-21(29)17(26)4)7-9-19-23(30)20(13-28)16(3)22(27)24(19)34-33-18(5)25(31)32/h7,11-13,15,17-18,30H,8-10H2,1-6H3,(H,31,32)/b12-11+,14-7+.